The molecule has 0 fully saturated rings. The van der Waals surface area contributed by atoms with Crippen molar-refractivity contribution in [2.45, 2.75) is 23.0 Å². The zero-order chi connectivity index (χ0) is 13.2. The molecule has 96 valence electrons. The molecule has 3 nitrogen and oxygen atoms in total. The van der Waals surface area contributed by atoms with E-state index in [-0.39, 0.29) is 6.04 Å². The first-order valence-corrected chi connectivity index (χ1v) is 7.03. The molecule has 0 unspecified atom stereocenters. The third-order valence-electron chi connectivity index (χ3n) is 2.98. The van der Waals surface area contributed by atoms with Gasteiger partial charge in [0, 0.05) is 10.9 Å². The van der Waals surface area contributed by atoms with Gasteiger partial charge < -0.3 is 10.7 Å². The summed E-state index contributed by atoms with van der Waals surface area (Å²) in [6, 6.07) is 16.2. The van der Waals surface area contributed by atoms with Gasteiger partial charge in [-0.05, 0) is 30.7 Å². The van der Waals surface area contributed by atoms with Gasteiger partial charge in [0.25, 0.3) is 0 Å². The van der Waals surface area contributed by atoms with Crippen molar-refractivity contribution in [2.75, 3.05) is 0 Å². The summed E-state index contributed by atoms with van der Waals surface area (Å²) in [6.07, 6.45) is 0. The quantitative estimate of drug-likeness (QED) is 0.761. The molecule has 0 saturated carbocycles. The van der Waals surface area contributed by atoms with E-state index in [4.69, 9.17) is 5.73 Å². The molecule has 0 radical (unpaired) electrons. The van der Waals surface area contributed by atoms with Crippen LogP contribution in [0.3, 0.4) is 0 Å². The van der Waals surface area contributed by atoms with E-state index >= 15 is 0 Å². The van der Waals surface area contributed by atoms with E-state index in [1.54, 1.807) is 11.8 Å². The number of imidazole rings is 1. The van der Waals surface area contributed by atoms with Crippen LogP contribution < -0.4 is 5.73 Å². The minimum absolute atomic E-state index is 0.0214. The van der Waals surface area contributed by atoms with Gasteiger partial charge >= 0.3 is 0 Å². The first-order chi connectivity index (χ1) is 9.24. The van der Waals surface area contributed by atoms with Crippen molar-refractivity contribution in [1.82, 2.24) is 9.97 Å². The van der Waals surface area contributed by atoms with E-state index in [9.17, 15) is 0 Å². The average Bonchev–Trinajstić information content (AvgIpc) is 2.81. The van der Waals surface area contributed by atoms with E-state index in [0.717, 1.165) is 26.6 Å². The van der Waals surface area contributed by atoms with Crippen LogP contribution >= 0.6 is 11.8 Å². The molecule has 19 heavy (non-hydrogen) atoms. The van der Waals surface area contributed by atoms with Gasteiger partial charge in [-0.2, -0.15) is 0 Å². The fourth-order valence-electron chi connectivity index (χ4n) is 2.03. The second kappa shape index (κ2) is 5.07. The van der Waals surface area contributed by atoms with E-state index in [0.29, 0.717) is 0 Å². The van der Waals surface area contributed by atoms with Crippen LogP contribution in [-0.2, 0) is 0 Å². The molecule has 0 aliphatic rings. The maximum absolute atomic E-state index is 6.00. The van der Waals surface area contributed by atoms with Crippen molar-refractivity contribution < 1.29 is 0 Å². The number of nitrogens with zero attached hydrogens (tertiary/aromatic N) is 1. The number of aromatic nitrogens is 2. The van der Waals surface area contributed by atoms with Crippen LogP contribution in [0.15, 0.2) is 58.6 Å². The summed E-state index contributed by atoms with van der Waals surface area (Å²) in [5.41, 5.74) is 9.19. The summed E-state index contributed by atoms with van der Waals surface area (Å²) < 4.78 is 0. The molecule has 0 aliphatic heterocycles. The molecule has 3 aromatic rings. The Balaban J connectivity index is 1.97. The number of rotatable bonds is 3. The van der Waals surface area contributed by atoms with Crippen LogP contribution in [0.25, 0.3) is 11.0 Å². The van der Waals surface area contributed by atoms with Crippen molar-refractivity contribution in [3.8, 4) is 0 Å². The second-order valence-corrected chi connectivity index (χ2v) is 5.52. The number of benzene rings is 2. The first kappa shape index (κ1) is 12.3. The molecular formula is C15H15N3S. The lowest BCUT2D eigenvalue weighted by Gasteiger charge is -2.10. The van der Waals surface area contributed by atoms with Crippen LogP contribution in [0.4, 0.5) is 0 Å². The Kier molecular flexibility index (Phi) is 3.27. The number of hydrogen-bond acceptors (Lipinski definition) is 3. The number of nitrogens with two attached hydrogens (primary N) is 1. The summed E-state index contributed by atoms with van der Waals surface area (Å²) in [5, 5.41) is 0.898. The van der Waals surface area contributed by atoms with Crippen LogP contribution in [-0.4, -0.2) is 9.97 Å². The topological polar surface area (TPSA) is 54.7 Å². The van der Waals surface area contributed by atoms with Crippen molar-refractivity contribution >= 4 is 22.8 Å². The molecule has 3 N–H and O–H groups in total. The van der Waals surface area contributed by atoms with Gasteiger partial charge in [-0.15, -0.1) is 0 Å². The van der Waals surface area contributed by atoms with E-state index in [2.05, 4.69) is 22.1 Å². The standard InChI is InChI=1S/C15H15N3S/c1-10(16)11-6-2-5-9-14(11)19-15-17-12-7-3-4-8-13(12)18-15/h2-10H,16H2,1H3,(H,17,18)/t10-/m1/s1. The second-order valence-electron chi connectivity index (χ2n) is 4.49. The zero-order valence-electron chi connectivity index (χ0n) is 10.6. The van der Waals surface area contributed by atoms with Crippen molar-refractivity contribution in [3.05, 3.63) is 54.1 Å². The Bertz CT molecular complexity index is 670. The fourth-order valence-corrected chi connectivity index (χ4v) is 3.06. The maximum atomic E-state index is 6.00. The molecule has 1 aromatic heterocycles. The Labute approximate surface area is 116 Å². The molecule has 4 heteroatoms. The van der Waals surface area contributed by atoms with Gasteiger partial charge in [-0.1, -0.05) is 42.1 Å². The molecule has 0 spiro atoms. The van der Waals surface area contributed by atoms with Crippen LogP contribution in [0.1, 0.15) is 18.5 Å². The predicted octanol–water partition coefficient (Wildman–Crippen LogP) is 3.73. The summed E-state index contributed by atoms with van der Waals surface area (Å²) >= 11 is 1.62. The summed E-state index contributed by atoms with van der Waals surface area (Å²) in [6.45, 7) is 2.00. The molecule has 1 heterocycles. The van der Waals surface area contributed by atoms with Gasteiger partial charge in [-0.25, -0.2) is 4.98 Å². The largest absolute Gasteiger partial charge is 0.333 e. The number of para-hydroxylation sites is 2. The van der Waals surface area contributed by atoms with Gasteiger partial charge in [0.15, 0.2) is 5.16 Å². The first-order valence-electron chi connectivity index (χ1n) is 6.21. The monoisotopic (exact) mass is 269 g/mol. The van der Waals surface area contributed by atoms with Crippen LogP contribution in [0.2, 0.25) is 0 Å². The predicted molar refractivity (Wildman–Crippen MR) is 79.3 cm³/mol. The highest BCUT2D eigenvalue weighted by molar-refractivity contribution is 7.99. The zero-order valence-corrected chi connectivity index (χ0v) is 11.4. The number of H-pyrrole nitrogens is 1. The highest BCUT2D eigenvalue weighted by Crippen LogP contribution is 2.31. The SMILES string of the molecule is C[C@@H](N)c1ccccc1Sc1nc2ccccc2[nH]1. The number of nitrogens with one attached hydrogen (secondary N) is 1. The van der Waals surface area contributed by atoms with Crippen molar-refractivity contribution in [2.24, 2.45) is 5.73 Å². The Morgan fingerprint density at radius 1 is 1.11 bits per heavy atom. The van der Waals surface area contributed by atoms with E-state index in [1.807, 2.05) is 43.3 Å². The van der Waals surface area contributed by atoms with E-state index < -0.39 is 0 Å². The minimum Gasteiger partial charge on any atom is -0.333 e. The molecule has 3 rings (SSSR count). The number of aromatic amines is 1. The lowest BCUT2D eigenvalue weighted by molar-refractivity contribution is 0.797. The summed E-state index contributed by atoms with van der Waals surface area (Å²) in [4.78, 5) is 9.05. The normalized spacial score (nSPS) is 12.7. The highest BCUT2D eigenvalue weighted by Gasteiger charge is 2.10. The maximum Gasteiger partial charge on any atom is 0.171 e. The summed E-state index contributed by atoms with van der Waals surface area (Å²) in [7, 11) is 0. The van der Waals surface area contributed by atoms with Crippen LogP contribution in [0.5, 0.6) is 0 Å². The Hall–Kier alpha value is -1.78. The number of hydrogen-bond donors (Lipinski definition) is 2. The molecule has 1 atom stereocenters. The molecule has 0 bridgehead atoms. The third-order valence-corrected chi connectivity index (χ3v) is 3.96. The molecular weight excluding hydrogens is 254 g/mol. The molecule has 0 amide bonds. The Morgan fingerprint density at radius 2 is 1.84 bits per heavy atom. The minimum atomic E-state index is 0.0214. The van der Waals surface area contributed by atoms with E-state index in [1.165, 1.54) is 0 Å². The average molecular weight is 269 g/mol. The fraction of sp³-hybridized carbons (Fsp3) is 0.133. The lowest BCUT2D eigenvalue weighted by atomic mass is 10.1. The lowest BCUT2D eigenvalue weighted by Crippen LogP contribution is -2.06. The van der Waals surface area contributed by atoms with Gasteiger partial charge in [0.1, 0.15) is 0 Å². The smallest absolute Gasteiger partial charge is 0.171 e. The van der Waals surface area contributed by atoms with Gasteiger partial charge in [0.05, 0.1) is 11.0 Å². The summed E-state index contributed by atoms with van der Waals surface area (Å²) in [5.74, 6) is 0. The number of fused-ring (bicyclic) bond motifs is 1. The molecule has 0 aliphatic carbocycles. The molecule has 0 saturated heterocycles. The van der Waals surface area contributed by atoms with Gasteiger partial charge in [0.2, 0.25) is 0 Å². The molecule has 2 aromatic carbocycles. The van der Waals surface area contributed by atoms with Crippen LogP contribution in [0, 0.1) is 0 Å². The highest BCUT2D eigenvalue weighted by atomic mass is 32.2. The van der Waals surface area contributed by atoms with Gasteiger partial charge in [-0.3, -0.25) is 0 Å². The Morgan fingerprint density at radius 3 is 2.63 bits per heavy atom. The van der Waals surface area contributed by atoms with Crippen molar-refractivity contribution in [3.63, 3.8) is 0 Å². The van der Waals surface area contributed by atoms with Crippen molar-refractivity contribution in [1.29, 1.82) is 0 Å². The third kappa shape index (κ3) is 2.50.